The number of alkyl halides is 1. The Labute approximate surface area is 75.7 Å². The predicted octanol–water partition coefficient (Wildman–Crippen LogP) is -0.930. The molecule has 6 nitrogen and oxygen atoms in total. The largest absolute Gasteiger partial charge is 0.351 e. The van der Waals surface area contributed by atoms with Gasteiger partial charge in [0.25, 0.3) is 0 Å². The molecule has 72 valence electrons. The highest BCUT2D eigenvalue weighted by atomic mass is 35.5. The number of hydrazine groups is 1. The van der Waals surface area contributed by atoms with Crippen LogP contribution in [0.1, 0.15) is 0 Å². The summed E-state index contributed by atoms with van der Waals surface area (Å²) in [5.74, 6) is 0.0767. The molecular formula is C4H10ClN3O3S. The topological polar surface area (TPSA) is 92.5 Å². The highest BCUT2D eigenvalue weighted by Gasteiger charge is 2.16. The van der Waals surface area contributed by atoms with Crippen molar-refractivity contribution >= 4 is 27.7 Å². The van der Waals surface area contributed by atoms with Crippen LogP contribution in [0.5, 0.6) is 0 Å². The molecule has 0 spiro atoms. The Balaban J connectivity index is 4.34. The van der Waals surface area contributed by atoms with E-state index in [1.54, 1.807) is 0 Å². The number of urea groups is 1. The van der Waals surface area contributed by atoms with Crippen molar-refractivity contribution in [3.8, 4) is 0 Å². The first-order valence-electron chi connectivity index (χ1n) is 2.97. The number of carbonyl (C=O) groups is 1. The van der Waals surface area contributed by atoms with Gasteiger partial charge in [-0.15, -0.1) is 16.0 Å². The number of primary amides is 1. The Hall–Kier alpha value is -0.530. The number of hydrogen-bond donors (Lipinski definition) is 2. The van der Waals surface area contributed by atoms with Crippen LogP contribution in [0.2, 0.25) is 0 Å². The van der Waals surface area contributed by atoms with Gasteiger partial charge >= 0.3 is 6.03 Å². The lowest BCUT2D eigenvalue weighted by molar-refractivity contribution is 0.230. The molecule has 0 aromatic heterocycles. The van der Waals surface area contributed by atoms with Gasteiger partial charge in [-0.2, -0.15) is 0 Å². The molecule has 0 radical (unpaired) electrons. The van der Waals surface area contributed by atoms with Crippen LogP contribution in [0.15, 0.2) is 0 Å². The van der Waals surface area contributed by atoms with Crippen molar-refractivity contribution < 1.29 is 13.2 Å². The molecule has 0 rings (SSSR count). The summed E-state index contributed by atoms with van der Waals surface area (Å²) in [5.41, 5.74) is 6.64. The monoisotopic (exact) mass is 215 g/mol. The van der Waals surface area contributed by atoms with E-state index in [9.17, 15) is 13.2 Å². The Bertz CT molecular complexity index is 252. The molecule has 3 N–H and O–H groups in total. The minimum atomic E-state index is -3.49. The first kappa shape index (κ1) is 11.5. The Morgan fingerprint density at radius 2 is 2.17 bits per heavy atom. The highest BCUT2D eigenvalue weighted by molar-refractivity contribution is 7.88. The van der Waals surface area contributed by atoms with Gasteiger partial charge in [0.15, 0.2) is 0 Å². The second-order valence-electron chi connectivity index (χ2n) is 2.00. The lowest BCUT2D eigenvalue weighted by Crippen LogP contribution is -2.48. The summed E-state index contributed by atoms with van der Waals surface area (Å²) in [6.45, 7) is -0.0106. The molecule has 0 saturated heterocycles. The highest BCUT2D eigenvalue weighted by Crippen LogP contribution is 1.93. The van der Waals surface area contributed by atoms with Crippen molar-refractivity contribution in [2.45, 2.75) is 0 Å². The second kappa shape index (κ2) is 4.48. The van der Waals surface area contributed by atoms with E-state index in [4.69, 9.17) is 17.3 Å². The van der Waals surface area contributed by atoms with Crippen LogP contribution in [-0.4, -0.2) is 37.5 Å². The van der Waals surface area contributed by atoms with Gasteiger partial charge in [-0.3, -0.25) is 5.43 Å². The number of nitrogens with one attached hydrogen (secondary N) is 1. The van der Waals surface area contributed by atoms with Crippen LogP contribution in [0.25, 0.3) is 0 Å². The van der Waals surface area contributed by atoms with Gasteiger partial charge in [0, 0.05) is 12.4 Å². The molecule has 0 aliphatic carbocycles. The third kappa shape index (κ3) is 4.37. The molecular weight excluding hydrogens is 206 g/mol. The van der Waals surface area contributed by atoms with Crippen LogP contribution < -0.4 is 11.2 Å². The molecule has 0 bridgehead atoms. The average Bonchev–Trinajstić information content (AvgIpc) is 1.83. The zero-order chi connectivity index (χ0) is 9.78. The molecule has 0 aliphatic rings. The Kier molecular flexibility index (Phi) is 4.29. The first-order chi connectivity index (χ1) is 5.38. The maximum Gasteiger partial charge on any atom is 0.327 e. The third-order valence-corrected chi connectivity index (χ3v) is 2.17. The fourth-order valence-electron chi connectivity index (χ4n) is 0.504. The van der Waals surface area contributed by atoms with E-state index in [2.05, 4.69) is 0 Å². The van der Waals surface area contributed by atoms with E-state index in [0.29, 0.717) is 4.41 Å². The molecule has 0 atom stereocenters. The molecule has 0 aromatic rings. The van der Waals surface area contributed by atoms with E-state index in [1.165, 1.54) is 0 Å². The lowest BCUT2D eigenvalue weighted by atomic mass is 10.8. The zero-order valence-electron chi connectivity index (χ0n) is 6.45. The summed E-state index contributed by atoms with van der Waals surface area (Å²) in [6.07, 6.45) is 0.940. The van der Waals surface area contributed by atoms with Gasteiger partial charge < -0.3 is 5.73 Å². The normalized spacial score (nSPS) is 11.6. The number of rotatable bonds is 4. The van der Waals surface area contributed by atoms with E-state index < -0.39 is 16.1 Å². The van der Waals surface area contributed by atoms with Crippen LogP contribution in [0.3, 0.4) is 0 Å². The van der Waals surface area contributed by atoms with Gasteiger partial charge in [-0.05, 0) is 0 Å². The second-order valence-corrected chi connectivity index (χ2v) is 4.28. The third-order valence-electron chi connectivity index (χ3n) is 0.923. The smallest absolute Gasteiger partial charge is 0.327 e. The molecule has 8 heteroatoms. The van der Waals surface area contributed by atoms with Crippen LogP contribution in [-0.2, 0) is 10.0 Å². The van der Waals surface area contributed by atoms with Crippen LogP contribution in [0.4, 0.5) is 4.79 Å². The summed E-state index contributed by atoms with van der Waals surface area (Å²) in [5, 5.41) is 0. The number of halogens is 1. The van der Waals surface area contributed by atoms with E-state index >= 15 is 0 Å². The van der Waals surface area contributed by atoms with Crippen molar-refractivity contribution in [1.82, 2.24) is 9.84 Å². The zero-order valence-corrected chi connectivity index (χ0v) is 8.02. The fourth-order valence-corrected chi connectivity index (χ4v) is 1.45. The minimum absolute atomic E-state index is 0.0106. The first-order valence-corrected chi connectivity index (χ1v) is 5.36. The molecule has 0 aliphatic heterocycles. The van der Waals surface area contributed by atoms with Gasteiger partial charge in [0.2, 0.25) is 10.0 Å². The number of nitrogens with two attached hydrogens (primary N) is 1. The van der Waals surface area contributed by atoms with Gasteiger partial charge in [-0.25, -0.2) is 13.2 Å². The number of carbonyl (C=O) groups excluding carboxylic acids is 1. The molecule has 2 amide bonds. The molecule has 0 saturated carbocycles. The molecule has 0 heterocycles. The number of nitrogens with zero attached hydrogens (tertiary/aromatic N) is 1. The van der Waals surface area contributed by atoms with E-state index in [1.807, 2.05) is 5.43 Å². The Morgan fingerprint density at radius 1 is 1.67 bits per heavy atom. The van der Waals surface area contributed by atoms with Gasteiger partial charge in [-0.1, -0.05) is 0 Å². The van der Waals surface area contributed by atoms with E-state index in [0.717, 1.165) is 6.26 Å². The maximum atomic E-state index is 10.9. The van der Waals surface area contributed by atoms with Crippen molar-refractivity contribution in [2.75, 3.05) is 18.7 Å². The number of sulfonamides is 1. The van der Waals surface area contributed by atoms with Crippen LogP contribution in [0, 0.1) is 0 Å². The lowest BCUT2D eigenvalue weighted by Gasteiger charge is -2.17. The average molecular weight is 216 g/mol. The maximum absolute atomic E-state index is 10.9. The van der Waals surface area contributed by atoms with E-state index in [-0.39, 0.29) is 12.4 Å². The van der Waals surface area contributed by atoms with Gasteiger partial charge in [0.1, 0.15) is 0 Å². The van der Waals surface area contributed by atoms with Crippen molar-refractivity contribution in [2.24, 2.45) is 5.73 Å². The minimum Gasteiger partial charge on any atom is -0.351 e. The SMILES string of the molecule is CS(=O)(=O)N(CCCl)NC(N)=O. The van der Waals surface area contributed by atoms with Crippen molar-refractivity contribution in [3.63, 3.8) is 0 Å². The summed E-state index contributed by atoms with van der Waals surface area (Å²) < 4.78 is 22.4. The molecule has 12 heavy (non-hydrogen) atoms. The molecule has 0 fully saturated rings. The summed E-state index contributed by atoms with van der Waals surface area (Å²) in [7, 11) is -3.49. The van der Waals surface area contributed by atoms with Crippen molar-refractivity contribution in [3.05, 3.63) is 0 Å². The summed E-state index contributed by atoms with van der Waals surface area (Å²) >= 11 is 5.29. The Morgan fingerprint density at radius 3 is 2.42 bits per heavy atom. The summed E-state index contributed by atoms with van der Waals surface area (Å²) in [6, 6.07) is -0.939. The molecule has 0 unspecified atom stereocenters. The summed E-state index contributed by atoms with van der Waals surface area (Å²) in [4.78, 5) is 10.3. The number of amides is 2. The fraction of sp³-hybridized carbons (Fsp3) is 0.750. The van der Waals surface area contributed by atoms with Crippen LogP contribution >= 0.6 is 11.6 Å². The number of hydrogen-bond acceptors (Lipinski definition) is 3. The van der Waals surface area contributed by atoms with Crippen molar-refractivity contribution in [1.29, 1.82) is 0 Å². The predicted molar refractivity (Wildman–Crippen MR) is 45.0 cm³/mol. The quantitative estimate of drug-likeness (QED) is 0.469. The molecule has 0 aromatic carbocycles. The standard InChI is InChI=1S/C4H10ClN3O3S/c1-12(10,11)8(3-2-5)7-4(6)9/h2-3H2,1H3,(H3,6,7,9). The van der Waals surface area contributed by atoms with Gasteiger partial charge in [0.05, 0.1) is 6.26 Å².